The van der Waals surface area contributed by atoms with Crippen molar-refractivity contribution in [2.45, 2.75) is 44.8 Å². The molecule has 2 N–H and O–H groups in total. The number of hydrogen-bond acceptors (Lipinski definition) is 5. The highest BCUT2D eigenvalue weighted by molar-refractivity contribution is 5.51. The minimum absolute atomic E-state index is 0.293. The van der Waals surface area contributed by atoms with Crippen molar-refractivity contribution in [3.05, 3.63) is 59.4 Å². The summed E-state index contributed by atoms with van der Waals surface area (Å²) in [6, 6.07) is 10.5. The van der Waals surface area contributed by atoms with Gasteiger partial charge in [0.15, 0.2) is 0 Å². The molecule has 0 radical (unpaired) electrons. The molecule has 0 saturated carbocycles. The van der Waals surface area contributed by atoms with Gasteiger partial charge in [0.2, 0.25) is 0 Å². The molecule has 4 rings (SSSR count). The summed E-state index contributed by atoms with van der Waals surface area (Å²) in [5.41, 5.74) is 2.54. The number of benzene rings is 1. The standard InChI is InChI=1S/C24H33N3O2/c1-17(2)18-5-7-19(8-6-18)24(29,23(3)15-26(4)16-23)20-11-21(13-25-12-20)27-10-9-22(28)14-27/h5-8,11-13,17,22,28-29H,9-10,14-16H2,1-4H3/t22-,24+/m1/s1. The van der Waals surface area contributed by atoms with Crippen molar-refractivity contribution in [1.29, 1.82) is 0 Å². The molecule has 0 amide bonds. The van der Waals surface area contributed by atoms with E-state index in [2.05, 4.69) is 72.9 Å². The highest BCUT2D eigenvalue weighted by Crippen LogP contribution is 2.50. The third kappa shape index (κ3) is 3.45. The Morgan fingerprint density at radius 1 is 1.14 bits per heavy atom. The van der Waals surface area contributed by atoms with Gasteiger partial charge in [0, 0.05) is 43.4 Å². The van der Waals surface area contributed by atoms with Crippen LogP contribution in [0.5, 0.6) is 0 Å². The van der Waals surface area contributed by atoms with Gasteiger partial charge >= 0.3 is 0 Å². The number of aliphatic hydroxyl groups excluding tert-OH is 1. The number of hydrogen-bond donors (Lipinski definition) is 2. The van der Waals surface area contributed by atoms with Gasteiger partial charge in [-0.15, -0.1) is 0 Å². The maximum Gasteiger partial charge on any atom is 0.124 e. The van der Waals surface area contributed by atoms with E-state index in [0.29, 0.717) is 12.5 Å². The Balaban J connectivity index is 1.77. The van der Waals surface area contributed by atoms with E-state index in [-0.39, 0.29) is 11.5 Å². The number of aromatic nitrogens is 1. The van der Waals surface area contributed by atoms with E-state index in [4.69, 9.17) is 0 Å². The highest BCUT2D eigenvalue weighted by Gasteiger charge is 2.55. The molecule has 0 aliphatic carbocycles. The van der Waals surface area contributed by atoms with E-state index in [9.17, 15) is 10.2 Å². The number of β-amino-alcohol motifs (C(OH)–C–C–N with tert-alkyl or cyclic N) is 1. The smallest absolute Gasteiger partial charge is 0.124 e. The number of pyridine rings is 1. The Bertz CT molecular complexity index is 861. The van der Waals surface area contributed by atoms with Gasteiger partial charge in [-0.25, -0.2) is 0 Å². The van der Waals surface area contributed by atoms with Crippen LogP contribution in [0.25, 0.3) is 0 Å². The van der Waals surface area contributed by atoms with Crippen molar-refractivity contribution < 1.29 is 10.2 Å². The van der Waals surface area contributed by atoms with Gasteiger partial charge in [0.25, 0.3) is 0 Å². The molecule has 0 bridgehead atoms. The fraction of sp³-hybridized carbons (Fsp3) is 0.542. The number of rotatable bonds is 5. The van der Waals surface area contributed by atoms with Crippen LogP contribution in [-0.4, -0.2) is 59.4 Å². The number of anilines is 1. The van der Waals surface area contributed by atoms with E-state index >= 15 is 0 Å². The lowest BCUT2D eigenvalue weighted by atomic mass is 9.62. The van der Waals surface area contributed by atoms with Gasteiger partial charge in [-0.05, 0) is 36.6 Å². The van der Waals surface area contributed by atoms with E-state index in [1.54, 1.807) is 6.20 Å². The van der Waals surface area contributed by atoms with E-state index in [1.807, 2.05) is 6.20 Å². The summed E-state index contributed by atoms with van der Waals surface area (Å²) in [5, 5.41) is 22.2. The number of nitrogens with zero attached hydrogens (tertiary/aromatic N) is 3. The zero-order valence-corrected chi connectivity index (χ0v) is 18.0. The molecule has 0 spiro atoms. The maximum absolute atomic E-state index is 12.3. The van der Waals surface area contributed by atoms with Crippen LogP contribution in [0.15, 0.2) is 42.7 Å². The summed E-state index contributed by atoms with van der Waals surface area (Å²) in [5.74, 6) is 0.453. The fourth-order valence-electron chi connectivity index (χ4n) is 5.12. The molecule has 1 aromatic heterocycles. The summed E-state index contributed by atoms with van der Waals surface area (Å²) in [6.45, 7) is 9.60. The summed E-state index contributed by atoms with van der Waals surface area (Å²) in [7, 11) is 2.09. The SMILES string of the molecule is CC(C)c1ccc([C@](O)(c2cncc(N3CC[C@@H](O)C3)c2)C2(C)CN(C)C2)cc1. The molecule has 2 aliphatic heterocycles. The lowest BCUT2D eigenvalue weighted by Gasteiger charge is -2.56. The average molecular weight is 396 g/mol. The molecule has 2 aliphatic rings. The van der Waals surface area contributed by atoms with Crippen molar-refractivity contribution in [2.75, 3.05) is 38.1 Å². The number of likely N-dealkylation sites (tertiary alicyclic amines) is 1. The van der Waals surface area contributed by atoms with Crippen LogP contribution in [0.4, 0.5) is 5.69 Å². The molecular weight excluding hydrogens is 362 g/mol. The largest absolute Gasteiger partial charge is 0.391 e. The van der Waals surface area contributed by atoms with Crippen molar-refractivity contribution in [3.8, 4) is 0 Å². The van der Waals surface area contributed by atoms with Gasteiger partial charge in [0.05, 0.1) is 18.0 Å². The average Bonchev–Trinajstić information content (AvgIpc) is 3.13. The van der Waals surface area contributed by atoms with Crippen LogP contribution in [0.1, 0.15) is 49.8 Å². The summed E-state index contributed by atoms with van der Waals surface area (Å²) in [4.78, 5) is 8.87. The molecule has 5 heteroatoms. The lowest BCUT2D eigenvalue weighted by molar-refractivity contribution is -0.127. The van der Waals surface area contributed by atoms with Crippen LogP contribution < -0.4 is 4.90 Å². The first kappa shape index (κ1) is 20.3. The monoisotopic (exact) mass is 395 g/mol. The van der Waals surface area contributed by atoms with Gasteiger partial charge < -0.3 is 20.0 Å². The molecule has 2 fully saturated rings. The van der Waals surface area contributed by atoms with Crippen LogP contribution in [0, 0.1) is 5.41 Å². The Hall–Kier alpha value is -1.95. The highest BCUT2D eigenvalue weighted by atomic mass is 16.3. The van der Waals surface area contributed by atoms with Crippen molar-refractivity contribution in [1.82, 2.24) is 9.88 Å². The second-order valence-corrected chi connectivity index (χ2v) is 9.54. The second-order valence-electron chi connectivity index (χ2n) is 9.54. The zero-order valence-electron chi connectivity index (χ0n) is 18.0. The summed E-state index contributed by atoms with van der Waals surface area (Å²) < 4.78 is 0. The maximum atomic E-state index is 12.3. The van der Waals surface area contributed by atoms with E-state index in [1.165, 1.54) is 5.56 Å². The van der Waals surface area contributed by atoms with Gasteiger partial charge in [0.1, 0.15) is 5.60 Å². The lowest BCUT2D eigenvalue weighted by Crippen LogP contribution is -2.63. The Morgan fingerprint density at radius 2 is 1.83 bits per heavy atom. The van der Waals surface area contributed by atoms with E-state index in [0.717, 1.165) is 42.9 Å². The minimum atomic E-state index is -1.13. The first-order chi connectivity index (χ1) is 13.7. The first-order valence-electron chi connectivity index (χ1n) is 10.6. The van der Waals surface area contributed by atoms with Crippen molar-refractivity contribution in [3.63, 3.8) is 0 Å². The zero-order chi connectivity index (χ0) is 20.8. The molecule has 2 aromatic rings. The molecule has 2 saturated heterocycles. The Morgan fingerprint density at radius 3 is 2.38 bits per heavy atom. The first-order valence-corrected chi connectivity index (χ1v) is 10.6. The summed E-state index contributed by atoms with van der Waals surface area (Å²) in [6.07, 6.45) is 4.11. The third-order valence-corrected chi connectivity index (χ3v) is 6.78. The van der Waals surface area contributed by atoms with Gasteiger partial charge in [-0.1, -0.05) is 45.0 Å². The predicted octanol–water partition coefficient (Wildman–Crippen LogP) is 2.96. The Kier molecular flexibility index (Phi) is 5.18. The Labute approximate surface area is 174 Å². The summed E-state index contributed by atoms with van der Waals surface area (Å²) >= 11 is 0. The van der Waals surface area contributed by atoms with E-state index < -0.39 is 5.60 Å². The molecule has 29 heavy (non-hydrogen) atoms. The van der Waals surface area contributed by atoms with Crippen LogP contribution in [0.2, 0.25) is 0 Å². The van der Waals surface area contributed by atoms with Crippen molar-refractivity contribution in [2.24, 2.45) is 5.41 Å². The van der Waals surface area contributed by atoms with Gasteiger partial charge in [-0.3, -0.25) is 4.98 Å². The molecule has 156 valence electrons. The topological polar surface area (TPSA) is 59.8 Å². The molecule has 1 aromatic carbocycles. The predicted molar refractivity (Wildman–Crippen MR) is 116 cm³/mol. The molecule has 3 heterocycles. The normalized spacial score (nSPS) is 23.8. The third-order valence-electron chi connectivity index (χ3n) is 6.78. The second kappa shape index (κ2) is 7.38. The van der Waals surface area contributed by atoms with Crippen molar-refractivity contribution >= 4 is 5.69 Å². The molecule has 0 unspecified atom stereocenters. The molecular formula is C24H33N3O2. The fourth-order valence-corrected chi connectivity index (χ4v) is 5.12. The molecule has 5 nitrogen and oxygen atoms in total. The quantitative estimate of drug-likeness (QED) is 0.815. The molecule has 2 atom stereocenters. The van der Waals surface area contributed by atoms with Crippen LogP contribution in [-0.2, 0) is 5.60 Å². The number of aliphatic hydroxyl groups is 2. The van der Waals surface area contributed by atoms with Gasteiger partial charge in [-0.2, -0.15) is 0 Å². The minimum Gasteiger partial charge on any atom is -0.391 e. The van der Waals surface area contributed by atoms with Crippen LogP contribution in [0.3, 0.4) is 0 Å². The van der Waals surface area contributed by atoms with Crippen LogP contribution >= 0.6 is 0 Å².